The number of nitrogens with zero attached hydrogens (tertiary/aromatic N) is 1. The highest BCUT2D eigenvalue weighted by Gasteiger charge is 2.28. The van der Waals surface area contributed by atoms with Gasteiger partial charge in [-0.3, -0.25) is 0 Å². The highest BCUT2D eigenvalue weighted by Crippen LogP contribution is 2.35. The van der Waals surface area contributed by atoms with Crippen molar-refractivity contribution in [1.82, 2.24) is 5.32 Å². The van der Waals surface area contributed by atoms with Gasteiger partial charge in [0.2, 0.25) is 0 Å². The van der Waals surface area contributed by atoms with E-state index in [9.17, 15) is 0 Å². The summed E-state index contributed by atoms with van der Waals surface area (Å²) in [5.74, 6) is 0. The van der Waals surface area contributed by atoms with Crippen molar-refractivity contribution in [3.8, 4) is 0 Å². The molecule has 1 heterocycles. The first-order chi connectivity index (χ1) is 7.15. The van der Waals surface area contributed by atoms with Gasteiger partial charge in [-0.2, -0.15) is 0 Å². The van der Waals surface area contributed by atoms with Crippen LogP contribution in [0.4, 0.5) is 5.69 Å². The molecule has 0 radical (unpaired) electrons. The van der Waals surface area contributed by atoms with Crippen LogP contribution in [0.1, 0.15) is 16.7 Å². The van der Waals surface area contributed by atoms with E-state index in [0.29, 0.717) is 6.04 Å². The van der Waals surface area contributed by atoms with Gasteiger partial charge in [-0.15, -0.1) is 0 Å². The third-order valence-electron chi connectivity index (χ3n) is 3.50. The Hall–Kier alpha value is -1.02. The second kappa shape index (κ2) is 3.86. The van der Waals surface area contributed by atoms with E-state index in [1.807, 2.05) is 7.05 Å². The van der Waals surface area contributed by atoms with Gasteiger partial charge in [0.15, 0.2) is 0 Å². The maximum absolute atomic E-state index is 3.27. The standard InChI is InChI=1S/C13H20N2/c1-9-5-6-10(2)13-12(9)7-11(8-14-3)15(13)4/h5-6,11,14H,7-8H2,1-4H3. The highest BCUT2D eigenvalue weighted by atomic mass is 15.2. The van der Waals surface area contributed by atoms with Crippen LogP contribution in [0.25, 0.3) is 0 Å². The minimum absolute atomic E-state index is 0.616. The van der Waals surface area contributed by atoms with E-state index >= 15 is 0 Å². The molecule has 82 valence electrons. The molecule has 1 N–H and O–H groups in total. The predicted octanol–water partition coefficient (Wildman–Crippen LogP) is 1.88. The number of anilines is 1. The van der Waals surface area contributed by atoms with E-state index in [4.69, 9.17) is 0 Å². The van der Waals surface area contributed by atoms with E-state index < -0.39 is 0 Å². The fourth-order valence-electron chi connectivity index (χ4n) is 2.60. The third kappa shape index (κ3) is 1.63. The monoisotopic (exact) mass is 204 g/mol. The Bertz CT molecular complexity index is 371. The smallest absolute Gasteiger partial charge is 0.0452 e. The van der Waals surface area contributed by atoms with Crippen LogP contribution in [0.2, 0.25) is 0 Å². The van der Waals surface area contributed by atoms with Crippen molar-refractivity contribution in [2.75, 3.05) is 25.5 Å². The van der Waals surface area contributed by atoms with Crippen LogP contribution in [0.3, 0.4) is 0 Å². The molecule has 1 unspecified atom stereocenters. The van der Waals surface area contributed by atoms with Crippen molar-refractivity contribution < 1.29 is 0 Å². The average Bonchev–Trinajstić information content (AvgIpc) is 2.53. The van der Waals surface area contributed by atoms with E-state index in [1.165, 1.54) is 28.8 Å². The lowest BCUT2D eigenvalue weighted by molar-refractivity contribution is 0.613. The number of hydrogen-bond acceptors (Lipinski definition) is 2. The maximum atomic E-state index is 3.27. The summed E-state index contributed by atoms with van der Waals surface area (Å²) in [6, 6.07) is 5.08. The summed E-state index contributed by atoms with van der Waals surface area (Å²) in [6.07, 6.45) is 1.18. The Balaban J connectivity index is 2.40. The summed E-state index contributed by atoms with van der Waals surface area (Å²) in [5.41, 5.74) is 5.82. The molecule has 0 saturated carbocycles. The Morgan fingerprint density at radius 3 is 2.60 bits per heavy atom. The molecule has 0 bridgehead atoms. The molecule has 2 rings (SSSR count). The molecule has 15 heavy (non-hydrogen) atoms. The largest absolute Gasteiger partial charge is 0.370 e. The minimum atomic E-state index is 0.616. The van der Waals surface area contributed by atoms with Gasteiger partial charge in [-0.05, 0) is 44.0 Å². The van der Waals surface area contributed by atoms with Crippen molar-refractivity contribution in [3.05, 3.63) is 28.8 Å². The minimum Gasteiger partial charge on any atom is -0.370 e. The summed E-state index contributed by atoms with van der Waals surface area (Å²) >= 11 is 0. The summed E-state index contributed by atoms with van der Waals surface area (Å²) < 4.78 is 0. The van der Waals surface area contributed by atoms with Gasteiger partial charge < -0.3 is 10.2 Å². The van der Waals surface area contributed by atoms with Crippen LogP contribution in [0, 0.1) is 13.8 Å². The lowest BCUT2D eigenvalue weighted by atomic mass is 10.0. The second-order valence-corrected chi connectivity index (χ2v) is 4.55. The molecular weight excluding hydrogens is 184 g/mol. The first-order valence-corrected chi connectivity index (χ1v) is 5.61. The number of rotatable bonds is 2. The fraction of sp³-hybridized carbons (Fsp3) is 0.538. The summed E-state index contributed by atoms with van der Waals surface area (Å²) in [6.45, 7) is 5.48. The zero-order chi connectivity index (χ0) is 11.0. The Morgan fingerprint density at radius 2 is 2.00 bits per heavy atom. The SMILES string of the molecule is CNCC1Cc2c(C)ccc(C)c2N1C. The molecule has 0 saturated heterocycles. The number of hydrogen-bond donors (Lipinski definition) is 1. The van der Waals surface area contributed by atoms with Crippen molar-refractivity contribution in [2.24, 2.45) is 0 Å². The van der Waals surface area contributed by atoms with Gasteiger partial charge in [0.25, 0.3) is 0 Å². The Morgan fingerprint density at radius 1 is 1.33 bits per heavy atom. The highest BCUT2D eigenvalue weighted by molar-refractivity contribution is 5.66. The molecule has 1 aliphatic rings. The normalized spacial score (nSPS) is 19.5. The van der Waals surface area contributed by atoms with E-state index in [0.717, 1.165) is 6.54 Å². The molecular formula is C13H20N2. The van der Waals surface area contributed by atoms with Crippen LogP contribution in [0.5, 0.6) is 0 Å². The molecule has 1 aliphatic heterocycles. The van der Waals surface area contributed by atoms with Gasteiger partial charge in [-0.25, -0.2) is 0 Å². The summed E-state index contributed by atoms with van der Waals surface area (Å²) in [5, 5.41) is 3.27. The van der Waals surface area contributed by atoms with E-state index in [1.54, 1.807) is 0 Å². The number of nitrogens with one attached hydrogen (secondary N) is 1. The molecule has 0 spiro atoms. The first-order valence-electron chi connectivity index (χ1n) is 5.61. The van der Waals surface area contributed by atoms with Crippen LogP contribution in [-0.2, 0) is 6.42 Å². The summed E-state index contributed by atoms with van der Waals surface area (Å²) in [4.78, 5) is 2.42. The maximum Gasteiger partial charge on any atom is 0.0452 e. The van der Waals surface area contributed by atoms with E-state index in [-0.39, 0.29) is 0 Å². The molecule has 1 atom stereocenters. The Labute approximate surface area is 92.3 Å². The molecule has 0 aromatic heterocycles. The Kier molecular flexibility index (Phi) is 2.70. The van der Waals surface area contributed by atoms with Gasteiger partial charge in [-0.1, -0.05) is 12.1 Å². The van der Waals surface area contributed by atoms with Crippen LogP contribution >= 0.6 is 0 Å². The number of fused-ring (bicyclic) bond motifs is 1. The fourth-order valence-corrected chi connectivity index (χ4v) is 2.60. The van der Waals surface area contributed by atoms with E-state index in [2.05, 4.69) is 43.2 Å². The average molecular weight is 204 g/mol. The second-order valence-electron chi connectivity index (χ2n) is 4.55. The number of likely N-dealkylation sites (N-methyl/N-ethyl adjacent to an activating group) is 2. The van der Waals surface area contributed by atoms with Gasteiger partial charge in [0.05, 0.1) is 0 Å². The van der Waals surface area contributed by atoms with Crippen LogP contribution < -0.4 is 10.2 Å². The van der Waals surface area contributed by atoms with Gasteiger partial charge in [0.1, 0.15) is 0 Å². The lowest BCUT2D eigenvalue weighted by Gasteiger charge is -2.23. The summed E-state index contributed by atoms with van der Waals surface area (Å²) in [7, 11) is 4.23. The number of aryl methyl sites for hydroxylation is 2. The van der Waals surface area contributed by atoms with Crippen LogP contribution in [-0.4, -0.2) is 26.7 Å². The van der Waals surface area contributed by atoms with Crippen LogP contribution in [0.15, 0.2) is 12.1 Å². The topological polar surface area (TPSA) is 15.3 Å². The first kappa shape index (κ1) is 10.5. The predicted molar refractivity (Wildman–Crippen MR) is 65.7 cm³/mol. The lowest BCUT2D eigenvalue weighted by Crippen LogP contribution is -2.36. The van der Waals surface area contributed by atoms with Crippen molar-refractivity contribution in [2.45, 2.75) is 26.3 Å². The molecule has 1 aromatic carbocycles. The zero-order valence-corrected chi connectivity index (χ0v) is 10.1. The quantitative estimate of drug-likeness (QED) is 0.791. The van der Waals surface area contributed by atoms with Gasteiger partial charge in [0, 0.05) is 25.3 Å². The third-order valence-corrected chi connectivity index (χ3v) is 3.50. The van der Waals surface area contributed by atoms with Crippen molar-refractivity contribution in [1.29, 1.82) is 0 Å². The molecule has 2 nitrogen and oxygen atoms in total. The molecule has 1 aromatic rings. The molecule has 2 heteroatoms. The molecule has 0 fully saturated rings. The van der Waals surface area contributed by atoms with Gasteiger partial charge >= 0.3 is 0 Å². The zero-order valence-electron chi connectivity index (χ0n) is 10.1. The molecule has 0 amide bonds. The van der Waals surface area contributed by atoms with Crippen molar-refractivity contribution in [3.63, 3.8) is 0 Å². The number of benzene rings is 1. The van der Waals surface area contributed by atoms with Crippen molar-refractivity contribution >= 4 is 5.69 Å². The molecule has 0 aliphatic carbocycles.